The van der Waals surface area contributed by atoms with Gasteiger partial charge in [-0.25, -0.2) is 0 Å². The van der Waals surface area contributed by atoms with Crippen LogP contribution < -0.4 is 5.32 Å². The highest BCUT2D eigenvalue weighted by molar-refractivity contribution is 5.86. The van der Waals surface area contributed by atoms with Crippen LogP contribution in [0.15, 0.2) is 55.3 Å². The van der Waals surface area contributed by atoms with Gasteiger partial charge < -0.3 is 5.32 Å². The predicted molar refractivity (Wildman–Crippen MR) is 69.8 cm³/mol. The lowest BCUT2D eigenvalue weighted by Gasteiger charge is -2.01. The van der Waals surface area contributed by atoms with Gasteiger partial charge in [-0.3, -0.25) is 9.48 Å². The van der Waals surface area contributed by atoms with E-state index in [-0.39, 0.29) is 5.91 Å². The molecule has 0 atom stereocenters. The number of carbonyl (C=O) groups is 1. The Bertz CT molecular complexity index is 531. The van der Waals surface area contributed by atoms with E-state index in [1.807, 2.05) is 35.1 Å². The lowest BCUT2D eigenvalue weighted by molar-refractivity contribution is -0.116. The molecule has 1 heterocycles. The Labute approximate surface area is 106 Å². The van der Waals surface area contributed by atoms with Crippen LogP contribution in [0.4, 0.5) is 0 Å². The minimum absolute atomic E-state index is 0.187. The van der Waals surface area contributed by atoms with Gasteiger partial charge in [0.25, 0.3) is 0 Å². The molecule has 1 N–H and O–H groups in total. The zero-order valence-corrected chi connectivity index (χ0v) is 10.0. The summed E-state index contributed by atoms with van der Waals surface area (Å²) in [6.45, 7) is 4.55. The van der Waals surface area contributed by atoms with Gasteiger partial charge in [-0.2, -0.15) is 5.10 Å². The van der Waals surface area contributed by atoms with Gasteiger partial charge in [0.2, 0.25) is 5.91 Å². The van der Waals surface area contributed by atoms with Crippen molar-refractivity contribution in [3.63, 3.8) is 0 Å². The second-order valence-corrected chi connectivity index (χ2v) is 3.91. The molecule has 1 amide bonds. The molecule has 0 aliphatic rings. The van der Waals surface area contributed by atoms with Crippen molar-refractivity contribution in [2.45, 2.75) is 13.1 Å². The summed E-state index contributed by atoms with van der Waals surface area (Å²) in [6, 6.07) is 12.0. The highest BCUT2D eigenvalue weighted by Gasteiger charge is 2.01. The Kier molecular flexibility index (Phi) is 3.91. The molecule has 0 saturated heterocycles. The molecule has 1 aromatic carbocycles. The van der Waals surface area contributed by atoms with E-state index in [0.717, 1.165) is 12.2 Å². The molecule has 0 aliphatic carbocycles. The Morgan fingerprint density at radius 3 is 2.83 bits per heavy atom. The summed E-state index contributed by atoms with van der Waals surface area (Å²) in [5.41, 5.74) is 2.03. The zero-order chi connectivity index (χ0) is 12.8. The summed E-state index contributed by atoms with van der Waals surface area (Å²) in [5.74, 6) is -0.187. The molecule has 0 spiro atoms. The van der Waals surface area contributed by atoms with Gasteiger partial charge in [0.15, 0.2) is 0 Å². The van der Waals surface area contributed by atoms with Crippen LogP contribution in [0.5, 0.6) is 0 Å². The topological polar surface area (TPSA) is 46.9 Å². The Hall–Kier alpha value is -2.36. The molecule has 0 radical (unpaired) electrons. The number of amides is 1. The third kappa shape index (κ3) is 3.31. The third-order valence-corrected chi connectivity index (χ3v) is 2.51. The number of nitrogens with one attached hydrogen (secondary N) is 1. The quantitative estimate of drug-likeness (QED) is 0.810. The maximum Gasteiger partial charge on any atom is 0.243 e. The van der Waals surface area contributed by atoms with Crippen molar-refractivity contribution in [3.8, 4) is 0 Å². The fourth-order valence-corrected chi connectivity index (χ4v) is 1.61. The SMILES string of the molecule is C=CC(=O)NCc1ccn(Cc2ccccc2)n1. The van der Waals surface area contributed by atoms with Gasteiger partial charge in [-0.15, -0.1) is 0 Å². The molecule has 4 heteroatoms. The van der Waals surface area contributed by atoms with Gasteiger partial charge in [-0.05, 0) is 17.7 Å². The van der Waals surface area contributed by atoms with Gasteiger partial charge in [0.1, 0.15) is 0 Å². The van der Waals surface area contributed by atoms with Crippen LogP contribution in [0.3, 0.4) is 0 Å². The van der Waals surface area contributed by atoms with Crippen molar-refractivity contribution in [2.75, 3.05) is 0 Å². The minimum Gasteiger partial charge on any atom is -0.347 e. The summed E-state index contributed by atoms with van der Waals surface area (Å²) in [5, 5.41) is 7.07. The number of nitrogens with zero attached hydrogens (tertiary/aromatic N) is 2. The van der Waals surface area contributed by atoms with Crippen LogP contribution in [-0.2, 0) is 17.9 Å². The highest BCUT2D eigenvalue weighted by atomic mass is 16.1. The molecule has 0 unspecified atom stereocenters. The third-order valence-electron chi connectivity index (χ3n) is 2.51. The molecule has 0 bridgehead atoms. The molecule has 92 valence electrons. The predicted octanol–water partition coefficient (Wildman–Crippen LogP) is 1.73. The molecule has 0 aliphatic heterocycles. The monoisotopic (exact) mass is 241 g/mol. The van der Waals surface area contributed by atoms with Crippen molar-refractivity contribution >= 4 is 5.91 Å². The molecular weight excluding hydrogens is 226 g/mol. The maximum absolute atomic E-state index is 11.0. The summed E-state index contributed by atoms with van der Waals surface area (Å²) in [7, 11) is 0. The first kappa shape index (κ1) is 12.1. The fourth-order valence-electron chi connectivity index (χ4n) is 1.61. The van der Waals surface area contributed by atoms with Gasteiger partial charge in [0.05, 0.1) is 18.8 Å². The summed E-state index contributed by atoms with van der Waals surface area (Å²) in [6.07, 6.45) is 3.16. The first-order valence-corrected chi connectivity index (χ1v) is 5.74. The second kappa shape index (κ2) is 5.82. The lowest BCUT2D eigenvalue weighted by atomic mass is 10.2. The van der Waals surface area contributed by atoms with E-state index in [9.17, 15) is 4.79 Å². The highest BCUT2D eigenvalue weighted by Crippen LogP contribution is 2.03. The zero-order valence-electron chi connectivity index (χ0n) is 10.0. The maximum atomic E-state index is 11.0. The van der Waals surface area contributed by atoms with E-state index < -0.39 is 0 Å². The average molecular weight is 241 g/mol. The molecular formula is C14H15N3O. The minimum atomic E-state index is -0.187. The van der Waals surface area contributed by atoms with E-state index in [1.165, 1.54) is 11.6 Å². The van der Waals surface area contributed by atoms with E-state index in [2.05, 4.69) is 29.1 Å². The number of hydrogen-bond donors (Lipinski definition) is 1. The van der Waals surface area contributed by atoms with Crippen LogP contribution in [0.2, 0.25) is 0 Å². The fraction of sp³-hybridized carbons (Fsp3) is 0.143. The van der Waals surface area contributed by atoms with Crippen LogP contribution in [0.1, 0.15) is 11.3 Å². The standard InChI is InChI=1S/C14H15N3O/c1-2-14(18)15-10-13-8-9-17(16-13)11-12-6-4-3-5-7-12/h2-9H,1,10-11H2,(H,15,18). The van der Waals surface area contributed by atoms with E-state index in [0.29, 0.717) is 6.54 Å². The summed E-state index contributed by atoms with van der Waals surface area (Å²) < 4.78 is 1.85. The molecule has 4 nitrogen and oxygen atoms in total. The Morgan fingerprint density at radius 1 is 1.33 bits per heavy atom. The first-order chi connectivity index (χ1) is 8.78. The number of benzene rings is 1. The van der Waals surface area contributed by atoms with Crippen molar-refractivity contribution < 1.29 is 4.79 Å². The molecule has 2 aromatic rings. The molecule has 2 rings (SSSR count). The van der Waals surface area contributed by atoms with Gasteiger partial charge in [0, 0.05) is 6.20 Å². The first-order valence-electron chi connectivity index (χ1n) is 5.74. The van der Waals surface area contributed by atoms with Crippen LogP contribution in [0.25, 0.3) is 0 Å². The largest absolute Gasteiger partial charge is 0.347 e. The summed E-state index contributed by atoms with van der Waals surface area (Å²) in [4.78, 5) is 11.0. The Morgan fingerprint density at radius 2 is 2.11 bits per heavy atom. The van der Waals surface area contributed by atoms with Crippen molar-refractivity contribution in [1.82, 2.24) is 15.1 Å². The second-order valence-electron chi connectivity index (χ2n) is 3.91. The normalized spacial score (nSPS) is 10.0. The number of aromatic nitrogens is 2. The molecule has 1 aromatic heterocycles. The van der Waals surface area contributed by atoms with Crippen LogP contribution >= 0.6 is 0 Å². The van der Waals surface area contributed by atoms with Gasteiger partial charge in [-0.1, -0.05) is 36.9 Å². The van der Waals surface area contributed by atoms with E-state index in [4.69, 9.17) is 0 Å². The summed E-state index contributed by atoms with van der Waals surface area (Å²) >= 11 is 0. The van der Waals surface area contributed by atoms with E-state index >= 15 is 0 Å². The lowest BCUT2D eigenvalue weighted by Crippen LogP contribution is -2.20. The van der Waals surface area contributed by atoms with Crippen molar-refractivity contribution in [2.24, 2.45) is 0 Å². The molecule has 0 fully saturated rings. The van der Waals surface area contributed by atoms with Crippen LogP contribution in [0, 0.1) is 0 Å². The van der Waals surface area contributed by atoms with Crippen molar-refractivity contribution in [1.29, 1.82) is 0 Å². The molecule has 0 saturated carbocycles. The Balaban J connectivity index is 1.94. The number of hydrogen-bond acceptors (Lipinski definition) is 2. The van der Waals surface area contributed by atoms with Crippen molar-refractivity contribution in [3.05, 3.63) is 66.5 Å². The molecule has 18 heavy (non-hydrogen) atoms. The van der Waals surface area contributed by atoms with Gasteiger partial charge >= 0.3 is 0 Å². The number of rotatable bonds is 5. The smallest absolute Gasteiger partial charge is 0.243 e. The van der Waals surface area contributed by atoms with Crippen LogP contribution in [-0.4, -0.2) is 15.7 Å². The van der Waals surface area contributed by atoms with E-state index in [1.54, 1.807) is 0 Å². The number of carbonyl (C=O) groups excluding carboxylic acids is 1. The average Bonchev–Trinajstić information content (AvgIpc) is 2.85.